The summed E-state index contributed by atoms with van der Waals surface area (Å²) in [5.41, 5.74) is 1.56. The van der Waals surface area contributed by atoms with E-state index in [4.69, 9.17) is 0 Å². The highest BCUT2D eigenvalue weighted by Gasteiger charge is 1.86. The van der Waals surface area contributed by atoms with Crippen LogP contribution in [0.1, 0.15) is 16.1 Å². The Morgan fingerprint density at radius 3 is 2.33 bits per heavy atom. The number of nitrogens with zero attached hydrogens (tertiary/aromatic N) is 1. The van der Waals surface area contributed by atoms with Gasteiger partial charge >= 0.3 is 0 Å². The van der Waals surface area contributed by atoms with Crippen molar-refractivity contribution in [1.82, 2.24) is 4.98 Å². The third-order valence-corrected chi connectivity index (χ3v) is 1.07. The van der Waals surface area contributed by atoms with Crippen molar-refractivity contribution in [3.8, 4) is 0 Å². The van der Waals surface area contributed by atoms with Crippen LogP contribution in [0.15, 0.2) is 18.3 Å². The summed E-state index contributed by atoms with van der Waals surface area (Å²) in [7, 11) is 3.25. The van der Waals surface area contributed by atoms with E-state index in [-0.39, 0.29) is 0 Å². The van der Waals surface area contributed by atoms with E-state index in [0.717, 1.165) is 12.0 Å². The lowest BCUT2D eigenvalue weighted by atomic mass is 10.3. The molecule has 0 aliphatic heterocycles. The number of aldehydes is 1. The summed E-state index contributed by atoms with van der Waals surface area (Å²) in [6.07, 6.45) is 2.34. The largest absolute Gasteiger partial charge is 0.388 e. The fourth-order valence-corrected chi connectivity index (χ4v) is 0.549. The number of hydrogen-bond donors (Lipinski definition) is 0. The number of aryl methyl sites for hydroxylation is 1. The zero-order chi connectivity index (χ0) is 9.40. The molecule has 0 unspecified atom stereocenters. The average molecular weight is 167 g/mol. The summed E-state index contributed by atoms with van der Waals surface area (Å²) >= 11 is 0. The van der Waals surface area contributed by atoms with Crippen LogP contribution >= 0.6 is 0 Å². The Labute approximate surface area is 72.4 Å². The van der Waals surface area contributed by atoms with Crippen LogP contribution in [0, 0.1) is 6.92 Å². The number of ether oxygens (including phenoxy) is 1. The van der Waals surface area contributed by atoms with Gasteiger partial charge in [-0.3, -0.25) is 9.78 Å². The van der Waals surface area contributed by atoms with Crippen molar-refractivity contribution >= 4 is 6.29 Å². The number of carbonyl (C=O) groups is 1. The van der Waals surface area contributed by atoms with Gasteiger partial charge in [0.15, 0.2) is 6.29 Å². The van der Waals surface area contributed by atoms with Crippen LogP contribution in [-0.4, -0.2) is 25.5 Å². The maximum Gasteiger partial charge on any atom is 0.151 e. The summed E-state index contributed by atoms with van der Waals surface area (Å²) < 4.78 is 4.25. The lowest BCUT2D eigenvalue weighted by Crippen LogP contribution is -1.82. The molecule has 3 nitrogen and oxygen atoms in total. The summed E-state index contributed by atoms with van der Waals surface area (Å²) in [6, 6.07) is 3.55. The second-order valence-electron chi connectivity index (χ2n) is 2.26. The maximum atomic E-state index is 10.1. The van der Waals surface area contributed by atoms with Gasteiger partial charge in [-0.2, -0.15) is 0 Å². The Balaban J connectivity index is 0.000000354. The van der Waals surface area contributed by atoms with Gasteiger partial charge in [0.1, 0.15) is 0 Å². The molecule has 3 heteroatoms. The maximum absolute atomic E-state index is 10.1. The number of pyridine rings is 1. The van der Waals surface area contributed by atoms with Gasteiger partial charge in [0.25, 0.3) is 0 Å². The third kappa shape index (κ3) is 4.57. The zero-order valence-corrected chi connectivity index (χ0v) is 7.57. The summed E-state index contributed by atoms with van der Waals surface area (Å²) in [5.74, 6) is 0. The highest BCUT2D eigenvalue weighted by Crippen LogP contribution is 1.94. The van der Waals surface area contributed by atoms with E-state index in [1.807, 2.05) is 13.0 Å². The van der Waals surface area contributed by atoms with Crippen LogP contribution in [0.4, 0.5) is 0 Å². The zero-order valence-electron chi connectivity index (χ0n) is 7.57. The fourth-order valence-electron chi connectivity index (χ4n) is 0.549. The van der Waals surface area contributed by atoms with E-state index < -0.39 is 0 Å². The normalized spacial score (nSPS) is 8.25. The van der Waals surface area contributed by atoms with Crippen LogP contribution in [-0.2, 0) is 4.74 Å². The van der Waals surface area contributed by atoms with Crippen molar-refractivity contribution in [2.45, 2.75) is 6.92 Å². The fraction of sp³-hybridized carbons (Fsp3) is 0.333. The Hall–Kier alpha value is -1.22. The Morgan fingerprint density at radius 2 is 2.00 bits per heavy atom. The number of rotatable bonds is 1. The molecule has 0 saturated carbocycles. The molecule has 0 atom stereocenters. The Kier molecular flexibility index (Phi) is 5.83. The van der Waals surface area contributed by atoms with Crippen LogP contribution in [0.25, 0.3) is 0 Å². The van der Waals surface area contributed by atoms with Crippen molar-refractivity contribution < 1.29 is 9.53 Å². The van der Waals surface area contributed by atoms with Crippen molar-refractivity contribution in [2.24, 2.45) is 0 Å². The molecule has 0 amide bonds. The third-order valence-electron chi connectivity index (χ3n) is 1.07. The average Bonchev–Trinajstić information content (AvgIpc) is 2.07. The highest BCUT2D eigenvalue weighted by atomic mass is 16.4. The van der Waals surface area contributed by atoms with Gasteiger partial charge in [-0.05, 0) is 19.1 Å². The molecule has 0 saturated heterocycles. The highest BCUT2D eigenvalue weighted by molar-refractivity contribution is 5.73. The topological polar surface area (TPSA) is 39.2 Å². The quantitative estimate of drug-likeness (QED) is 0.594. The van der Waals surface area contributed by atoms with Crippen LogP contribution in [0.2, 0.25) is 0 Å². The molecule has 0 bridgehead atoms. The monoisotopic (exact) mass is 167 g/mol. The van der Waals surface area contributed by atoms with Gasteiger partial charge in [-0.15, -0.1) is 0 Å². The predicted octanol–water partition coefficient (Wildman–Crippen LogP) is 1.47. The lowest BCUT2D eigenvalue weighted by molar-refractivity contribution is 0.112. The number of hydrogen-bond acceptors (Lipinski definition) is 3. The number of carbonyl (C=O) groups excluding carboxylic acids is 1. The molecule has 0 aromatic carbocycles. The Morgan fingerprint density at radius 1 is 1.42 bits per heavy atom. The lowest BCUT2D eigenvalue weighted by Gasteiger charge is -1.88. The molecule has 0 aliphatic carbocycles. The minimum Gasteiger partial charge on any atom is -0.388 e. The summed E-state index contributed by atoms with van der Waals surface area (Å²) in [5, 5.41) is 0. The van der Waals surface area contributed by atoms with Crippen LogP contribution in [0.5, 0.6) is 0 Å². The van der Waals surface area contributed by atoms with Gasteiger partial charge in [-0.1, -0.05) is 0 Å². The van der Waals surface area contributed by atoms with E-state index >= 15 is 0 Å². The summed E-state index contributed by atoms with van der Waals surface area (Å²) in [4.78, 5) is 14.0. The predicted molar refractivity (Wildman–Crippen MR) is 47.3 cm³/mol. The van der Waals surface area contributed by atoms with E-state index in [0.29, 0.717) is 5.56 Å². The van der Waals surface area contributed by atoms with Gasteiger partial charge in [0, 0.05) is 31.7 Å². The van der Waals surface area contributed by atoms with E-state index in [9.17, 15) is 4.79 Å². The molecular formula is C9H13NO2. The first-order valence-corrected chi connectivity index (χ1v) is 3.52. The molecule has 0 fully saturated rings. The van der Waals surface area contributed by atoms with E-state index in [2.05, 4.69) is 9.72 Å². The van der Waals surface area contributed by atoms with Gasteiger partial charge in [0.2, 0.25) is 0 Å². The van der Waals surface area contributed by atoms with Gasteiger partial charge in [-0.25, -0.2) is 0 Å². The molecule has 0 radical (unpaired) electrons. The second-order valence-corrected chi connectivity index (χ2v) is 2.26. The molecular weight excluding hydrogens is 154 g/mol. The Bertz CT molecular complexity index is 218. The molecule has 1 rings (SSSR count). The van der Waals surface area contributed by atoms with E-state index in [1.54, 1.807) is 26.5 Å². The number of aromatic nitrogens is 1. The molecule has 1 heterocycles. The van der Waals surface area contributed by atoms with Gasteiger partial charge in [0.05, 0.1) is 0 Å². The van der Waals surface area contributed by atoms with Crippen molar-refractivity contribution in [1.29, 1.82) is 0 Å². The molecule has 1 aromatic heterocycles. The molecule has 66 valence electrons. The van der Waals surface area contributed by atoms with Crippen molar-refractivity contribution in [3.63, 3.8) is 0 Å². The molecule has 12 heavy (non-hydrogen) atoms. The van der Waals surface area contributed by atoms with E-state index in [1.165, 1.54) is 0 Å². The SMILES string of the molecule is COC.Cc1ccc(C=O)cn1. The molecule has 0 aliphatic rings. The van der Waals surface area contributed by atoms with Crippen LogP contribution in [0.3, 0.4) is 0 Å². The summed E-state index contributed by atoms with van der Waals surface area (Å²) in [6.45, 7) is 1.88. The first-order valence-electron chi connectivity index (χ1n) is 3.52. The standard InChI is InChI=1S/C7H7NO.C2H6O/c1-6-2-3-7(5-9)4-8-6;1-3-2/h2-5H,1H3;1-2H3. The smallest absolute Gasteiger partial charge is 0.151 e. The first-order chi connectivity index (χ1) is 5.74. The first kappa shape index (κ1) is 10.8. The molecule has 0 N–H and O–H groups in total. The number of methoxy groups -OCH3 is 1. The second kappa shape index (κ2) is 6.49. The van der Waals surface area contributed by atoms with Crippen molar-refractivity contribution in [2.75, 3.05) is 14.2 Å². The van der Waals surface area contributed by atoms with Crippen molar-refractivity contribution in [3.05, 3.63) is 29.6 Å². The minimum atomic E-state index is 0.626. The minimum absolute atomic E-state index is 0.626. The molecule has 1 aromatic rings. The molecule has 0 spiro atoms. The van der Waals surface area contributed by atoms with Gasteiger partial charge < -0.3 is 4.74 Å². The van der Waals surface area contributed by atoms with Crippen LogP contribution < -0.4 is 0 Å².